The van der Waals surface area contributed by atoms with E-state index in [1.807, 2.05) is 0 Å². The number of likely N-dealkylation sites (N-methyl/N-ethyl adjacent to an activating group) is 1. The minimum Gasteiger partial charge on any atom is -0.383 e. The van der Waals surface area contributed by atoms with Crippen LogP contribution in [0.25, 0.3) is 0 Å². The van der Waals surface area contributed by atoms with E-state index in [-0.39, 0.29) is 6.61 Å². The van der Waals surface area contributed by atoms with E-state index in [9.17, 15) is 0 Å². The van der Waals surface area contributed by atoms with Gasteiger partial charge in [0.05, 0.1) is 6.61 Å². The summed E-state index contributed by atoms with van der Waals surface area (Å²) in [7, 11) is 3.02. The van der Waals surface area contributed by atoms with Gasteiger partial charge in [-0.15, -0.1) is 0 Å². The Balaban J connectivity index is 3.37. The van der Waals surface area contributed by atoms with Gasteiger partial charge in [-0.05, 0) is 7.05 Å². The van der Waals surface area contributed by atoms with Crippen LogP contribution in [0, 0.1) is 0 Å². The van der Waals surface area contributed by atoms with Crippen LogP contribution < -0.4 is 5.32 Å². The molecule has 0 aromatic carbocycles. The van der Waals surface area contributed by atoms with E-state index in [1.165, 1.54) is 7.11 Å². The molecule has 0 aromatic heterocycles. The van der Waals surface area contributed by atoms with Crippen molar-refractivity contribution in [1.29, 1.82) is 0 Å². The van der Waals surface area contributed by atoms with Crippen molar-refractivity contribution in [3.63, 3.8) is 0 Å². The first-order valence-corrected chi connectivity index (χ1v) is 1.80. The molecule has 2 nitrogen and oxygen atoms in total. The molecule has 0 rings (SSSR count). The molecule has 0 aliphatic rings. The van der Waals surface area contributed by atoms with Crippen molar-refractivity contribution in [2.24, 2.45) is 0 Å². The molecule has 0 unspecified atom stereocenters. The highest BCUT2D eigenvalue weighted by Gasteiger charge is 1.72. The molecule has 0 aliphatic carbocycles. The summed E-state index contributed by atoms with van der Waals surface area (Å²) in [5.74, 6) is 0. The number of hydrogen-bond acceptors (Lipinski definition) is 2. The van der Waals surface area contributed by atoms with Gasteiger partial charge in [0.25, 0.3) is 0 Å². The molecule has 0 radical (unpaired) electrons. The van der Waals surface area contributed by atoms with E-state index >= 15 is 0 Å². The first kappa shape index (κ1) is 2.99. The molecule has 0 aliphatic heterocycles. The molecule has 38 valence electrons. The lowest BCUT2D eigenvalue weighted by molar-refractivity contribution is 0.201. The number of nitrogens with one attached hydrogen (secondary N) is 1. The minimum absolute atomic E-state index is 0.0868. The quantitative estimate of drug-likeness (QED) is 0.521. The van der Waals surface area contributed by atoms with Crippen LogP contribution in [0.1, 0.15) is 2.74 Å². The maximum absolute atomic E-state index is 7.01. The Labute approximate surface area is 41.3 Å². The lowest BCUT2D eigenvalue weighted by Crippen LogP contribution is -2.12. The SMILES string of the molecule is [2H]C([2H])(COC)NC. The maximum Gasteiger partial charge on any atom is 0.0587 e. The molecule has 2 heteroatoms. The zero-order valence-electron chi connectivity index (χ0n) is 6.12. The Hall–Kier alpha value is -0.0800. The number of methoxy groups -OCH3 is 1. The highest BCUT2D eigenvalue weighted by atomic mass is 16.5. The molecule has 0 bridgehead atoms. The topological polar surface area (TPSA) is 21.3 Å². The van der Waals surface area contributed by atoms with Gasteiger partial charge in [0, 0.05) is 16.3 Å². The van der Waals surface area contributed by atoms with Crippen LogP contribution in [0.4, 0.5) is 0 Å². The summed E-state index contributed by atoms with van der Waals surface area (Å²) in [5.41, 5.74) is 0. The maximum atomic E-state index is 7.01. The van der Waals surface area contributed by atoms with Gasteiger partial charge in [-0.1, -0.05) is 0 Å². The number of hydrogen-bond donors (Lipinski definition) is 1. The Kier molecular flexibility index (Phi) is 2.45. The molecule has 0 amide bonds. The first-order valence-electron chi connectivity index (χ1n) is 2.80. The Bertz CT molecular complexity index is 67.1. The highest BCUT2D eigenvalue weighted by Crippen LogP contribution is 1.57. The van der Waals surface area contributed by atoms with Gasteiger partial charge in [0.1, 0.15) is 0 Å². The third kappa shape index (κ3) is 3.92. The van der Waals surface area contributed by atoms with Crippen LogP contribution >= 0.6 is 0 Å². The summed E-state index contributed by atoms with van der Waals surface area (Å²) < 4.78 is 18.6. The third-order valence-corrected chi connectivity index (χ3v) is 0.393. The van der Waals surface area contributed by atoms with Gasteiger partial charge in [0.2, 0.25) is 0 Å². The molecule has 0 heterocycles. The molecular formula is C4H11NO. The van der Waals surface area contributed by atoms with Crippen molar-refractivity contribution >= 4 is 0 Å². The standard InChI is InChI=1S/C4H11NO/c1-5-3-4-6-2/h5H,3-4H2,1-2H3/i3D2. The lowest BCUT2D eigenvalue weighted by atomic mass is 10.7. The predicted molar refractivity (Wildman–Crippen MR) is 25.8 cm³/mol. The van der Waals surface area contributed by atoms with Crippen LogP contribution in [0.3, 0.4) is 0 Å². The smallest absolute Gasteiger partial charge is 0.0587 e. The van der Waals surface area contributed by atoms with Crippen molar-refractivity contribution in [2.75, 3.05) is 27.3 Å². The summed E-state index contributed by atoms with van der Waals surface area (Å²) >= 11 is 0. The number of ether oxygens (including phenoxy) is 1. The fourth-order valence-corrected chi connectivity index (χ4v) is 0.144. The zero-order chi connectivity index (χ0) is 6.62. The van der Waals surface area contributed by atoms with E-state index in [0.29, 0.717) is 0 Å². The minimum atomic E-state index is -1.38. The van der Waals surface area contributed by atoms with Gasteiger partial charge in [-0.3, -0.25) is 0 Å². The highest BCUT2D eigenvalue weighted by molar-refractivity contribution is 4.30. The molecule has 0 spiro atoms. The zero-order valence-corrected chi connectivity index (χ0v) is 4.12. The predicted octanol–water partition coefficient (Wildman–Crippen LogP) is -0.148. The third-order valence-electron chi connectivity index (χ3n) is 0.393. The second kappa shape index (κ2) is 4.92. The fourth-order valence-electron chi connectivity index (χ4n) is 0.144. The average molecular weight is 91.2 g/mol. The van der Waals surface area contributed by atoms with Gasteiger partial charge in [0.15, 0.2) is 0 Å². The summed E-state index contributed by atoms with van der Waals surface area (Å²) in [6.45, 7) is -1.29. The Morgan fingerprint density at radius 2 is 2.67 bits per heavy atom. The molecule has 0 atom stereocenters. The van der Waals surface area contributed by atoms with Crippen molar-refractivity contribution < 1.29 is 7.48 Å². The van der Waals surface area contributed by atoms with E-state index in [2.05, 4.69) is 10.1 Å². The fraction of sp³-hybridized carbons (Fsp3) is 1.00. The van der Waals surface area contributed by atoms with E-state index in [0.717, 1.165) is 0 Å². The van der Waals surface area contributed by atoms with Crippen LogP contribution in [0.15, 0.2) is 0 Å². The summed E-state index contributed by atoms with van der Waals surface area (Å²) in [6.07, 6.45) is 0. The molecule has 0 fully saturated rings. The summed E-state index contributed by atoms with van der Waals surface area (Å²) in [5, 5.41) is 2.45. The van der Waals surface area contributed by atoms with Gasteiger partial charge >= 0.3 is 0 Å². The van der Waals surface area contributed by atoms with E-state index in [1.54, 1.807) is 7.05 Å². The largest absolute Gasteiger partial charge is 0.383 e. The van der Waals surface area contributed by atoms with Gasteiger partial charge in [-0.2, -0.15) is 0 Å². The molecule has 0 aromatic rings. The van der Waals surface area contributed by atoms with Gasteiger partial charge in [-0.25, -0.2) is 0 Å². The van der Waals surface area contributed by atoms with E-state index < -0.39 is 6.50 Å². The molecule has 0 saturated heterocycles. The molecule has 1 N–H and O–H groups in total. The summed E-state index contributed by atoms with van der Waals surface area (Å²) in [6, 6.07) is 0. The average Bonchev–Trinajstić information content (AvgIpc) is 1.67. The van der Waals surface area contributed by atoms with Crippen LogP contribution in [0.2, 0.25) is 0 Å². The second-order valence-corrected chi connectivity index (χ2v) is 0.860. The second-order valence-electron chi connectivity index (χ2n) is 0.860. The van der Waals surface area contributed by atoms with Crippen LogP contribution in [0.5, 0.6) is 0 Å². The molecular weight excluding hydrogens is 78.0 g/mol. The Morgan fingerprint density at radius 1 is 2.00 bits per heavy atom. The van der Waals surface area contributed by atoms with Crippen molar-refractivity contribution in [3.8, 4) is 0 Å². The van der Waals surface area contributed by atoms with Crippen molar-refractivity contribution in [3.05, 3.63) is 0 Å². The number of rotatable bonds is 3. The molecule has 0 saturated carbocycles. The Morgan fingerprint density at radius 3 is 2.83 bits per heavy atom. The lowest BCUT2D eigenvalue weighted by Gasteiger charge is -1.92. The van der Waals surface area contributed by atoms with Crippen LogP contribution in [-0.2, 0) is 4.74 Å². The first-order chi connectivity index (χ1) is 3.62. The van der Waals surface area contributed by atoms with Crippen molar-refractivity contribution in [2.45, 2.75) is 0 Å². The molecule has 6 heavy (non-hydrogen) atoms. The summed E-state index contributed by atoms with van der Waals surface area (Å²) in [4.78, 5) is 0. The van der Waals surface area contributed by atoms with Gasteiger partial charge < -0.3 is 10.1 Å². The normalized spacial score (nSPS) is 16.3. The van der Waals surface area contributed by atoms with E-state index in [4.69, 9.17) is 2.74 Å². The van der Waals surface area contributed by atoms with Crippen LogP contribution in [-0.4, -0.2) is 27.3 Å². The van der Waals surface area contributed by atoms with Crippen molar-refractivity contribution in [1.82, 2.24) is 5.32 Å². The monoisotopic (exact) mass is 91.1 g/mol.